The molecule has 1 aliphatic rings. The molecule has 1 saturated heterocycles. The molecule has 1 N–H and O–H groups in total. The minimum atomic E-state index is 0.0382. The van der Waals surface area contributed by atoms with Crippen molar-refractivity contribution in [3.05, 3.63) is 36.5 Å². The third kappa shape index (κ3) is 2.76. The van der Waals surface area contributed by atoms with Gasteiger partial charge in [-0.1, -0.05) is 25.1 Å². The lowest BCUT2D eigenvalue weighted by Crippen LogP contribution is -2.49. The van der Waals surface area contributed by atoms with E-state index in [0.717, 1.165) is 36.2 Å². The Kier molecular flexibility index (Phi) is 4.14. The molecule has 2 heterocycles. The van der Waals surface area contributed by atoms with E-state index in [-0.39, 0.29) is 6.10 Å². The number of aromatic nitrogens is 1. The van der Waals surface area contributed by atoms with Crippen molar-refractivity contribution in [2.75, 3.05) is 19.8 Å². The zero-order valence-corrected chi connectivity index (χ0v) is 11.7. The predicted octanol–water partition coefficient (Wildman–Crippen LogP) is 2.38. The van der Waals surface area contributed by atoms with E-state index in [1.54, 1.807) is 6.20 Å². The summed E-state index contributed by atoms with van der Waals surface area (Å²) in [5, 5.41) is 4.58. The van der Waals surface area contributed by atoms with Crippen LogP contribution in [0.3, 0.4) is 0 Å². The number of ether oxygens (including phenoxy) is 2. The summed E-state index contributed by atoms with van der Waals surface area (Å²) in [6, 6.07) is 10.4. The van der Waals surface area contributed by atoms with Gasteiger partial charge in [0.15, 0.2) is 0 Å². The average molecular weight is 272 g/mol. The van der Waals surface area contributed by atoms with Crippen molar-refractivity contribution in [3.63, 3.8) is 0 Å². The Morgan fingerprint density at radius 3 is 3.15 bits per heavy atom. The largest absolute Gasteiger partial charge is 0.484 e. The van der Waals surface area contributed by atoms with Gasteiger partial charge in [0.25, 0.3) is 0 Å². The summed E-state index contributed by atoms with van der Waals surface area (Å²) in [5.41, 5.74) is 0.913. The van der Waals surface area contributed by atoms with Crippen molar-refractivity contribution < 1.29 is 9.47 Å². The maximum atomic E-state index is 6.18. The van der Waals surface area contributed by atoms with Crippen LogP contribution in [0.25, 0.3) is 10.9 Å². The van der Waals surface area contributed by atoms with Gasteiger partial charge in [-0.3, -0.25) is 4.98 Å². The van der Waals surface area contributed by atoms with E-state index in [1.807, 2.05) is 30.3 Å². The Morgan fingerprint density at radius 2 is 2.25 bits per heavy atom. The first-order valence-corrected chi connectivity index (χ1v) is 7.20. The van der Waals surface area contributed by atoms with Crippen molar-refractivity contribution >= 4 is 10.9 Å². The molecule has 106 valence electrons. The van der Waals surface area contributed by atoms with Gasteiger partial charge in [-0.25, -0.2) is 0 Å². The molecule has 1 aliphatic heterocycles. The van der Waals surface area contributed by atoms with Crippen LogP contribution in [0.15, 0.2) is 36.5 Å². The third-order valence-corrected chi connectivity index (χ3v) is 3.64. The Bertz CT molecular complexity index is 566. The number of hydrogen-bond acceptors (Lipinski definition) is 4. The van der Waals surface area contributed by atoms with Gasteiger partial charge in [-0.05, 0) is 25.1 Å². The standard InChI is InChI=1S/C16H20N2O2/c1-2-17-13-8-10-19-11-15(13)20-14-7-3-5-12-6-4-9-18-16(12)14/h3-7,9,13,15,17H,2,8,10-11H2,1H3. The van der Waals surface area contributed by atoms with E-state index in [0.29, 0.717) is 12.6 Å². The Labute approximate surface area is 119 Å². The normalized spacial score (nSPS) is 22.9. The van der Waals surface area contributed by atoms with Crippen LogP contribution >= 0.6 is 0 Å². The number of hydrogen-bond donors (Lipinski definition) is 1. The van der Waals surface area contributed by atoms with Gasteiger partial charge in [0.1, 0.15) is 17.4 Å². The van der Waals surface area contributed by atoms with Crippen LogP contribution in [-0.4, -0.2) is 36.9 Å². The molecule has 1 aromatic heterocycles. The molecule has 2 unspecified atom stereocenters. The molecule has 4 heteroatoms. The molecule has 0 bridgehead atoms. The summed E-state index contributed by atoms with van der Waals surface area (Å²) in [5.74, 6) is 0.835. The number of benzene rings is 1. The van der Waals surface area contributed by atoms with Gasteiger partial charge in [-0.15, -0.1) is 0 Å². The molecule has 0 spiro atoms. The summed E-state index contributed by atoms with van der Waals surface area (Å²) in [6.07, 6.45) is 2.82. The fraction of sp³-hybridized carbons (Fsp3) is 0.438. The number of para-hydroxylation sites is 1. The molecule has 1 fully saturated rings. The first-order valence-electron chi connectivity index (χ1n) is 7.20. The second-order valence-corrected chi connectivity index (χ2v) is 5.02. The maximum absolute atomic E-state index is 6.18. The molecule has 1 aromatic carbocycles. The molecule has 0 radical (unpaired) electrons. The van der Waals surface area contributed by atoms with Crippen molar-refractivity contribution in [2.45, 2.75) is 25.5 Å². The molecule has 2 aromatic rings. The number of pyridine rings is 1. The number of nitrogens with one attached hydrogen (secondary N) is 1. The highest BCUT2D eigenvalue weighted by Gasteiger charge is 2.27. The molecule has 4 nitrogen and oxygen atoms in total. The SMILES string of the molecule is CCNC1CCOCC1Oc1cccc2cccnc12. The van der Waals surface area contributed by atoms with E-state index >= 15 is 0 Å². The number of fused-ring (bicyclic) bond motifs is 1. The third-order valence-electron chi connectivity index (χ3n) is 3.64. The monoisotopic (exact) mass is 272 g/mol. The highest BCUT2D eigenvalue weighted by Crippen LogP contribution is 2.25. The Balaban J connectivity index is 1.84. The second-order valence-electron chi connectivity index (χ2n) is 5.02. The lowest BCUT2D eigenvalue weighted by atomic mass is 10.1. The number of nitrogens with zero attached hydrogens (tertiary/aromatic N) is 1. The molecular weight excluding hydrogens is 252 g/mol. The summed E-state index contributed by atoms with van der Waals surface area (Å²) in [7, 11) is 0. The zero-order valence-electron chi connectivity index (χ0n) is 11.7. The van der Waals surface area contributed by atoms with Gasteiger partial charge >= 0.3 is 0 Å². The summed E-state index contributed by atoms with van der Waals surface area (Å²) in [6.45, 7) is 4.48. The van der Waals surface area contributed by atoms with Gasteiger partial charge < -0.3 is 14.8 Å². The molecule has 20 heavy (non-hydrogen) atoms. The first kappa shape index (κ1) is 13.3. The highest BCUT2D eigenvalue weighted by atomic mass is 16.5. The van der Waals surface area contributed by atoms with E-state index in [2.05, 4.69) is 17.2 Å². The maximum Gasteiger partial charge on any atom is 0.146 e. The van der Waals surface area contributed by atoms with E-state index in [1.165, 1.54) is 0 Å². The second kappa shape index (κ2) is 6.20. The molecule has 2 atom stereocenters. The van der Waals surface area contributed by atoms with Crippen LogP contribution in [0.4, 0.5) is 0 Å². The van der Waals surface area contributed by atoms with Gasteiger partial charge in [0, 0.05) is 24.2 Å². The van der Waals surface area contributed by atoms with Gasteiger partial charge in [-0.2, -0.15) is 0 Å². The lowest BCUT2D eigenvalue weighted by molar-refractivity contribution is -0.0137. The minimum absolute atomic E-state index is 0.0382. The molecule has 0 saturated carbocycles. The molecule has 0 amide bonds. The first-order chi connectivity index (χ1) is 9.88. The Hall–Kier alpha value is -1.65. The van der Waals surface area contributed by atoms with Crippen molar-refractivity contribution in [3.8, 4) is 5.75 Å². The van der Waals surface area contributed by atoms with Crippen molar-refractivity contribution in [1.29, 1.82) is 0 Å². The van der Waals surface area contributed by atoms with Gasteiger partial charge in [0.05, 0.1) is 6.61 Å². The van der Waals surface area contributed by atoms with Crippen LogP contribution in [0.2, 0.25) is 0 Å². The van der Waals surface area contributed by atoms with Crippen LogP contribution < -0.4 is 10.1 Å². The quantitative estimate of drug-likeness (QED) is 0.928. The highest BCUT2D eigenvalue weighted by molar-refractivity contribution is 5.84. The average Bonchev–Trinajstić information content (AvgIpc) is 2.50. The molecule has 3 rings (SSSR count). The fourth-order valence-electron chi connectivity index (χ4n) is 2.66. The fourth-order valence-corrected chi connectivity index (χ4v) is 2.66. The summed E-state index contributed by atoms with van der Waals surface area (Å²) in [4.78, 5) is 4.43. The predicted molar refractivity (Wildman–Crippen MR) is 79.1 cm³/mol. The lowest BCUT2D eigenvalue weighted by Gasteiger charge is -2.32. The van der Waals surface area contributed by atoms with E-state index in [9.17, 15) is 0 Å². The van der Waals surface area contributed by atoms with Crippen LogP contribution in [0.5, 0.6) is 5.75 Å². The smallest absolute Gasteiger partial charge is 0.146 e. The van der Waals surface area contributed by atoms with Crippen LogP contribution in [0.1, 0.15) is 13.3 Å². The van der Waals surface area contributed by atoms with Gasteiger partial charge in [0.2, 0.25) is 0 Å². The summed E-state index contributed by atoms with van der Waals surface area (Å²) < 4.78 is 11.7. The Morgan fingerprint density at radius 1 is 1.35 bits per heavy atom. The molecular formula is C16H20N2O2. The number of likely N-dealkylation sites (N-methyl/N-ethyl adjacent to an activating group) is 1. The van der Waals surface area contributed by atoms with Crippen molar-refractivity contribution in [2.24, 2.45) is 0 Å². The topological polar surface area (TPSA) is 43.4 Å². The van der Waals surface area contributed by atoms with Crippen LogP contribution in [0, 0.1) is 0 Å². The molecule has 0 aliphatic carbocycles. The zero-order chi connectivity index (χ0) is 13.8. The van der Waals surface area contributed by atoms with Crippen molar-refractivity contribution in [1.82, 2.24) is 10.3 Å². The number of rotatable bonds is 4. The van der Waals surface area contributed by atoms with Crippen LogP contribution in [-0.2, 0) is 4.74 Å². The van der Waals surface area contributed by atoms with E-state index < -0.39 is 0 Å². The van der Waals surface area contributed by atoms with E-state index in [4.69, 9.17) is 9.47 Å². The summed E-state index contributed by atoms with van der Waals surface area (Å²) >= 11 is 0. The minimum Gasteiger partial charge on any atom is -0.484 e.